The predicted molar refractivity (Wildman–Crippen MR) is 35.1 cm³/mol. The SMILES string of the molecule is CCCCC(=[N+]=N)C(=O)O. The summed E-state index contributed by atoms with van der Waals surface area (Å²) in [5.41, 5.74) is 6.42. The van der Waals surface area contributed by atoms with Crippen LogP contribution in [0.4, 0.5) is 0 Å². The van der Waals surface area contributed by atoms with Gasteiger partial charge in [-0.2, -0.15) is 0 Å². The van der Waals surface area contributed by atoms with Gasteiger partial charge in [0.1, 0.15) is 0 Å². The van der Waals surface area contributed by atoms with E-state index in [-0.39, 0.29) is 5.71 Å². The largest absolute Gasteiger partial charge is 0.473 e. The van der Waals surface area contributed by atoms with Gasteiger partial charge in [0.25, 0.3) is 0 Å². The van der Waals surface area contributed by atoms with Gasteiger partial charge in [-0.05, 0) is 6.42 Å². The van der Waals surface area contributed by atoms with E-state index in [1.54, 1.807) is 0 Å². The monoisotopic (exact) mass is 143 g/mol. The van der Waals surface area contributed by atoms with Gasteiger partial charge in [-0.25, -0.2) is 4.79 Å². The van der Waals surface area contributed by atoms with Crippen molar-refractivity contribution in [3.63, 3.8) is 0 Å². The highest BCUT2D eigenvalue weighted by Gasteiger charge is 2.19. The highest BCUT2D eigenvalue weighted by Crippen LogP contribution is 1.94. The molecule has 10 heavy (non-hydrogen) atoms. The number of nitrogens with one attached hydrogen (secondary N) is 1. The van der Waals surface area contributed by atoms with Crippen LogP contribution in [0.3, 0.4) is 0 Å². The second-order valence-electron chi connectivity index (χ2n) is 1.97. The molecule has 0 aromatic heterocycles. The number of carboxylic acid groups (broad SMARTS) is 1. The number of hydrogen-bond acceptors (Lipinski definition) is 2. The Morgan fingerprint density at radius 1 is 1.70 bits per heavy atom. The third-order valence-electron chi connectivity index (χ3n) is 1.15. The lowest BCUT2D eigenvalue weighted by Gasteiger charge is -1.84. The summed E-state index contributed by atoms with van der Waals surface area (Å²) in [5, 5.41) is 8.35. The first-order chi connectivity index (χ1) is 4.72. The van der Waals surface area contributed by atoms with Crippen molar-refractivity contribution in [3.8, 4) is 0 Å². The van der Waals surface area contributed by atoms with Crippen molar-refractivity contribution in [1.29, 1.82) is 5.53 Å². The average molecular weight is 143 g/mol. The van der Waals surface area contributed by atoms with Crippen LogP contribution in [0.2, 0.25) is 0 Å². The van der Waals surface area contributed by atoms with Crippen LogP contribution in [-0.4, -0.2) is 21.6 Å². The number of aliphatic carboxylic acids is 1. The Morgan fingerprint density at radius 3 is 2.60 bits per heavy atom. The number of hydrogen-bond donors (Lipinski definition) is 2. The van der Waals surface area contributed by atoms with Crippen molar-refractivity contribution in [3.05, 3.63) is 0 Å². The van der Waals surface area contributed by atoms with Crippen LogP contribution in [0.1, 0.15) is 26.2 Å². The molecule has 0 aliphatic heterocycles. The van der Waals surface area contributed by atoms with E-state index in [4.69, 9.17) is 10.6 Å². The zero-order valence-electron chi connectivity index (χ0n) is 5.92. The minimum atomic E-state index is -1.08. The van der Waals surface area contributed by atoms with Crippen LogP contribution >= 0.6 is 0 Å². The van der Waals surface area contributed by atoms with Gasteiger partial charge in [-0.15, -0.1) is 0 Å². The zero-order valence-corrected chi connectivity index (χ0v) is 5.92. The van der Waals surface area contributed by atoms with Crippen molar-refractivity contribution in [2.45, 2.75) is 26.2 Å². The molecular weight excluding hydrogens is 132 g/mol. The molecule has 0 fully saturated rings. The van der Waals surface area contributed by atoms with Gasteiger partial charge in [-0.3, -0.25) is 0 Å². The molecule has 0 saturated heterocycles. The van der Waals surface area contributed by atoms with Crippen LogP contribution in [0.5, 0.6) is 0 Å². The molecule has 56 valence electrons. The summed E-state index contributed by atoms with van der Waals surface area (Å²) in [7, 11) is 0. The van der Waals surface area contributed by atoms with Crippen molar-refractivity contribution >= 4 is 11.7 Å². The van der Waals surface area contributed by atoms with Gasteiger partial charge in [0.05, 0.1) is 16.7 Å². The van der Waals surface area contributed by atoms with Crippen LogP contribution in [-0.2, 0) is 4.79 Å². The van der Waals surface area contributed by atoms with Crippen molar-refractivity contribution in [2.24, 2.45) is 0 Å². The van der Waals surface area contributed by atoms with Gasteiger partial charge in [0, 0.05) is 0 Å². The minimum absolute atomic E-state index is 0.0538. The molecule has 0 aliphatic carbocycles. The molecule has 0 aliphatic rings. The lowest BCUT2D eigenvalue weighted by Crippen LogP contribution is -2.13. The fourth-order valence-corrected chi connectivity index (χ4v) is 0.555. The quantitative estimate of drug-likeness (QED) is 0.349. The predicted octanol–water partition coefficient (Wildman–Crippen LogP) is 0.941. The molecule has 0 radical (unpaired) electrons. The van der Waals surface area contributed by atoms with Gasteiger partial charge in [-0.1, -0.05) is 13.3 Å². The van der Waals surface area contributed by atoms with E-state index in [0.29, 0.717) is 6.42 Å². The molecular formula is C6H11N2O2+. The molecule has 0 unspecified atom stereocenters. The lowest BCUT2D eigenvalue weighted by molar-refractivity contribution is -0.149. The van der Waals surface area contributed by atoms with Crippen LogP contribution in [0.25, 0.3) is 0 Å². The number of unbranched alkanes of at least 4 members (excludes halogenated alkanes) is 1. The Hall–Kier alpha value is -1.15. The molecule has 4 nitrogen and oxygen atoms in total. The molecule has 0 saturated carbocycles. The normalized spacial score (nSPS) is 8.50. The third kappa shape index (κ3) is 2.99. The zero-order chi connectivity index (χ0) is 7.98. The van der Waals surface area contributed by atoms with Crippen LogP contribution in [0, 0.1) is 5.53 Å². The average Bonchev–Trinajstić information content (AvgIpc) is 1.89. The van der Waals surface area contributed by atoms with Crippen molar-refractivity contribution in [2.75, 3.05) is 0 Å². The standard InChI is InChI=1S/C6H10N2O2/c1-2-3-4-5(8-7)6(9)10/h7H,2-4H2,1H3/p+1. The van der Waals surface area contributed by atoms with Gasteiger partial charge in [0.15, 0.2) is 0 Å². The number of rotatable bonds is 4. The maximum atomic E-state index is 10.2. The van der Waals surface area contributed by atoms with Crippen molar-refractivity contribution in [1.82, 2.24) is 0 Å². The van der Waals surface area contributed by atoms with E-state index in [1.165, 1.54) is 0 Å². The summed E-state index contributed by atoms with van der Waals surface area (Å²) in [4.78, 5) is 13.1. The molecule has 0 bridgehead atoms. The topological polar surface area (TPSA) is 75.2 Å². The van der Waals surface area contributed by atoms with Crippen molar-refractivity contribution < 1.29 is 14.7 Å². The Kier molecular flexibility index (Phi) is 4.16. The second kappa shape index (κ2) is 4.70. The van der Waals surface area contributed by atoms with Gasteiger partial charge >= 0.3 is 11.7 Å². The molecule has 0 rings (SSSR count). The molecule has 0 amide bonds. The Balaban J connectivity index is 3.87. The molecule has 0 aromatic carbocycles. The van der Waals surface area contributed by atoms with Crippen LogP contribution < -0.4 is 0 Å². The van der Waals surface area contributed by atoms with E-state index in [9.17, 15) is 4.79 Å². The molecule has 0 heterocycles. The molecule has 4 heteroatoms. The number of carboxylic acids is 1. The maximum absolute atomic E-state index is 10.2. The highest BCUT2D eigenvalue weighted by molar-refractivity contribution is 6.32. The fraction of sp³-hybridized carbons (Fsp3) is 0.667. The summed E-state index contributed by atoms with van der Waals surface area (Å²) in [5.74, 6) is -1.08. The van der Waals surface area contributed by atoms with Crippen LogP contribution in [0.15, 0.2) is 0 Å². The number of nitrogens with zero attached hydrogens (tertiary/aromatic N) is 1. The van der Waals surface area contributed by atoms with Gasteiger partial charge < -0.3 is 5.11 Å². The summed E-state index contributed by atoms with van der Waals surface area (Å²) < 4.78 is 0. The van der Waals surface area contributed by atoms with Gasteiger partial charge in [0.2, 0.25) is 0 Å². The summed E-state index contributed by atoms with van der Waals surface area (Å²) in [6, 6.07) is 0. The van der Waals surface area contributed by atoms with E-state index < -0.39 is 5.97 Å². The number of carbonyl (C=O) groups is 1. The first kappa shape index (κ1) is 8.85. The minimum Gasteiger partial charge on any atom is -0.473 e. The van der Waals surface area contributed by atoms with E-state index in [1.807, 2.05) is 6.92 Å². The molecule has 0 spiro atoms. The first-order valence-corrected chi connectivity index (χ1v) is 3.19. The van der Waals surface area contributed by atoms with E-state index in [0.717, 1.165) is 12.8 Å². The highest BCUT2D eigenvalue weighted by atomic mass is 16.4. The Labute approximate surface area is 59.1 Å². The summed E-state index contributed by atoms with van der Waals surface area (Å²) >= 11 is 0. The smallest absolute Gasteiger partial charge is 0.424 e. The Morgan fingerprint density at radius 2 is 2.30 bits per heavy atom. The summed E-state index contributed by atoms with van der Waals surface area (Å²) in [6.45, 7) is 1.96. The van der Waals surface area contributed by atoms with E-state index in [2.05, 4.69) is 4.79 Å². The second-order valence-corrected chi connectivity index (χ2v) is 1.97. The van der Waals surface area contributed by atoms with E-state index >= 15 is 0 Å². The lowest BCUT2D eigenvalue weighted by atomic mass is 10.2. The summed E-state index contributed by atoms with van der Waals surface area (Å²) in [6.07, 6.45) is 2.10. The maximum Gasteiger partial charge on any atom is 0.424 e. The Bertz CT molecular complexity index is 171. The molecule has 2 N–H and O–H groups in total. The third-order valence-corrected chi connectivity index (χ3v) is 1.15. The molecule has 0 atom stereocenters. The first-order valence-electron chi connectivity index (χ1n) is 3.19. The fourth-order valence-electron chi connectivity index (χ4n) is 0.555. The molecule has 0 aromatic rings.